The zero-order chi connectivity index (χ0) is 54.1. The maximum Gasteiger partial charge on any atom is 0.414 e. The third kappa shape index (κ3) is 13.5. The fourth-order valence-electron chi connectivity index (χ4n) is 11.6. The number of ether oxygens (including phenoxy) is 7. The highest BCUT2D eigenvalue weighted by atomic mass is 19.2. The van der Waals surface area contributed by atoms with Crippen LogP contribution in [-0.4, -0.2) is 209 Å². The van der Waals surface area contributed by atoms with Crippen molar-refractivity contribution >= 4 is 17.7 Å². The molecule has 0 aliphatic carbocycles. The maximum atomic E-state index is 14.5. The molecule has 20 atom stereocenters. The minimum atomic E-state index is -1.86. The number of aliphatic hydroxyl groups is 5. The number of amides is 1. The van der Waals surface area contributed by atoms with Crippen molar-refractivity contribution in [2.24, 2.45) is 28.1 Å². The van der Waals surface area contributed by atoms with Gasteiger partial charge in [-0.25, -0.2) is 13.6 Å². The first-order chi connectivity index (χ1) is 34.1. The molecule has 5 aliphatic rings. The molecular formula is C51H84F2N6O14. The van der Waals surface area contributed by atoms with Gasteiger partial charge in [-0.2, -0.15) is 5.11 Å². The Bertz CT molecular complexity index is 2050. The number of hydrogen-bond donors (Lipinski definition) is 5. The van der Waals surface area contributed by atoms with Crippen molar-refractivity contribution in [1.29, 1.82) is 0 Å². The van der Waals surface area contributed by atoms with Crippen molar-refractivity contribution in [2.45, 2.75) is 204 Å². The molecule has 0 bridgehead atoms. The van der Waals surface area contributed by atoms with Gasteiger partial charge < -0.3 is 68.5 Å². The molecule has 5 aliphatic heterocycles. The highest BCUT2D eigenvalue weighted by Gasteiger charge is 2.53. The molecule has 0 radical (unpaired) electrons. The zero-order valence-corrected chi connectivity index (χ0v) is 45.0. The molecule has 0 aromatic heterocycles. The van der Waals surface area contributed by atoms with Crippen LogP contribution >= 0.6 is 0 Å². The number of anilines is 1. The van der Waals surface area contributed by atoms with Crippen LogP contribution < -0.4 is 4.90 Å². The Morgan fingerprint density at radius 1 is 0.918 bits per heavy atom. The van der Waals surface area contributed by atoms with Crippen LogP contribution in [0.2, 0.25) is 0 Å². The van der Waals surface area contributed by atoms with Crippen LogP contribution in [0, 0.1) is 29.4 Å². The molecule has 6 rings (SSSR count). The van der Waals surface area contributed by atoms with Gasteiger partial charge in [-0.1, -0.05) is 26.0 Å². The molecule has 5 N–H and O–H groups in total. The van der Waals surface area contributed by atoms with Gasteiger partial charge in [-0.05, 0) is 106 Å². The number of likely N-dealkylation sites (N-methyl/N-ethyl adjacent to an activating group) is 2. The Kier molecular flexibility index (Phi) is 19.4. The summed E-state index contributed by atoms with van der Waals surface area (Å²) in [5.41, 5.74) is -4.42. The van der Waals surface area contributed by atoms with Crippen LogP contribution in [0.4, 0.5) is 19.3 Å². The Morgan fingerprint density at radius 2 is 1.62 bits per heavy atom. The van der Waals surface area contributed by atoms with Crippen molar-refractivity contribution in [3.8, 4) is 0 Å². The molecule has 1 unspecified atom stereocenters. The Morgan fingerprint density at radius 3 is 2.27 bits per heavy atom. The molecule has 5 heterocycles. The minimum Gasteiger partial charge on any atom is -0.459 e. The third-order valence-corrected chi connectivity index (χ3v) is 16.2. The number of benzene rings is 1. The summed E-state index contributed by atoms with van der Waals surface area (Å²) in [5, 5.41) is 70.2. The number of carbonyl (C=O) groups excluding carboxylic acids is 2. The van der Waals surface area contributed by atoms with Crippen molar-refractivity contribution in [3.63, 3.8) is 0 Å². The number of methoxy groups -OCH3 is 1. The van der Waals surface area contributed by atoms with Gasteiger partial charge in [0.15, 0.2) is 24.2 Å². The van der Waals surface area contributed by atoms with Crippen LogP contribution in [0.5, 0.6) is 0 Å². The molecule has 416 valence electrons. The number of nitrogens with zero attached hydrogens (tertiary/aromatic N) is 6. The molecule has 4 saturated heterocycles. The lowest BCUT2D eigenvalue weighted by atomic mass is 9.77. The largest absolute Gasteiger partial charge is 0.459 e. The Labute approximate surface area is 429 Å². The van der Waals surface area contributed by atoms with Crippen molar-refractivity contribution in [2.75, 3.05) is 58.8 Å². The first-order valence-corrected chi connectivity index (χ1v) is 26.0. The smallest absolute Gasteiger partial charge is 0.414 e. The second-order valence-electron chi connectivity index (χ2n) is 22.4. The van der Waals surface area contributed by atoms with Gasteiger partial charge in [-0.15, -0.1) is 0 Å². The van der Waals surface area contributed by atoms with Crippen molar-refractivity contribution in [3.05, 3.63) is 29.8 Å². The lowest BCUT2D eigenvalue weighted by molar-refractivity contribution is -0.318. The van der Waals surface area contributed by atoms with E-state index in [2.05, 4.69) is 10.3 Å². The van der Waals surface area contributed by atoms with E-state index in [-0.39, 0.29) is 50.0 Å². The Hall–Kier alpha value is -3.26. The van der Waals surface area contributed by atoms with E-state index >= 15 is 0 Å². The molecule has 0 saturated carbocycles. The summed E-state index contributed by atoms with van der Waals surface area (Å²) in [4.78, 5) is 32.3. The molecule has 4 fully saturated rings. The summed E-state index contributed by atoms with van der Waals surface area (Å²) < 4.78 is 71.2. The fourth-order valence-corrected chi connectivity index (χ4v) is 11.6. The van der Waals surface area contributed by atoms with Crippen LogP contribution in [0.15, 0.2) is 28.5 Å². The lowest BCUT2D eigenvalue weighted by Crippen LogP contribution is -2.61. The van der Waals surface area contributed by atoms with E-state index in [4.69, 9.17) is 33.2 Å². The average molecular weight is 1040 g/mol. The van der Waals surface area contributed by atoms with Gasteiger partial charge in [-0.3, -0.25) is 14.7 Å². The number of halogens is 2. The van der Waals surface area contributed by atoms with Crippen molar-refractivity contribution in [1.82, 2.24) is 14.8 Å². The zero-order valence-electron chi connectivity index (χ0n) is 45.0. The monoisotopic (exact) mass is 1040 g/mol. The van der Waals surface area contributed by atoms with Gasteiger partial charge >= 0.3 is 12.1 Å². The third-order valence-electron chi connectivity index (χ3n) is 16.2. The van der Waals surface area contributed by atoms with Gasteiger partial charge in [0.1, 0.15) is 36.1 Å². The van der Waals surface area contributed by atoms with Gasteiger partial charge in [0.25, 0.3) is 0 Å². The van der Waals surface area contributed by atoms with E-state index in [0.717, 1.165) is 12.1 Å². The van der Waals surface area contributed by atoms with E-state index in [0.29, 0.717) is 32.5 Å². The van der Waals surface area contributed by atoms with Crippen molar-refractivity contribution < 1.29 is 77.1 Å². The lowest BCUT2D eigenvalue weighted by Gasteiger charge is -2.49. The Balaban J connectivity index is 1.20. The SMILES string of the molecule is CC[C@H]1OC(=O)[C@H](C)[C@@H](O[C@H]2C[C@@](C)(OC)[C@@H](O)[C@H](C)O2)[C@H](C)[C@@H](O[C@@H]2O[C@H](C)C[C@H](N(C)CCC3CN(C[C@H]4CN(c5ccc(F)c(F)c5)C(=O)O4)N=N3)[C@H]2O)[C@](C)(O)C[C@@H](C)CN(C)[C@H](C)[C@@H](O)[C@]1(C)O. The van der Waals surface area contributed by atoms with E-state index < -0.39 is 132 Å². The summed E-state index contributed by atoms with van der Waals surface area (Å²) >= 11 is 0. The maximum absolute atomic E-state index is 14.5. The predicted octanol–water partition coefficient (Wildman–Crippen LogP) is 4.02. The molecule has 73 heavy (non-hydrogen) atoms. The average Bonchev–Trinajstić information content (AvgIpc) is 3.94. The second-order valence-corrected chi connectivity index (χ2v) is 22.4. The topological polar surface area (TPSA) is 238 Å². The fraction of sp³-hybridized carbons (Fsp3) is 0.843. The number of esters is 1. The summed E-state index contributed by atoms with van der Waals surface area (Å²) in [6.07, 6.45) is -10.2. The summed E-state index contributed by atoms with van der Waals surface area (Å²) in [6, 6.07) is 1.95. The van der Waals surface area contributed by atoms with E-state index in [1.165, 1.54) is 25.0 Å². The second kappa shape index (κ2) is 24.0. The minimum absolute atomic E-state index is 0.0781. The summed E-state index contributed by atoms with van der Waals surface area (Å²) in [7, 11) is 5.20. The molecule has 0 spiro atoms. The van der Waals surface area contributed by atoms with Crippen LogP contribution in [0.1, 0.15) is 101 Å². The number of aliphatic hydroxyl groups excluding tert-OH is 3. The predicted molar refractivity (Wildman–Crippen MR) is 262 cm³/mol. The van der Waals surface area contributed by atoms with Crippen LogP contribution in [-0.2, 0) is 38.0 Å². The molecule has 1 aromatic rings. The van der Waals surface area contributed by atoms with E-state index in [9.17, 15) is 43.9 Å². The molecular weight excluding hydrogens is 959 g/mol. The normalized spacial score (nSPS) is 42.7. The summed E-state index contributed by atoms with van der Waals surface area (Å²) in [6.45, 7) is 19.0. The first-order valence-electron chi connectivity index (χ1n) is 26.0. The number of rotatable bonds is 13. The highest BCUT2D eigenvalue weighted by molar-refractivity contribution is 5.89. The number of hydrogen-bond acceptors (Lipinski definition) is 19. The first kappa shape index (κ1) is 59.0. The molecule has 22 heteroatoms. The van der Waals surface area contributed by atoms with Gasteiger partial charge in [0.05, 0.1) is 72.9 Å². The molecule has 1 amide bonds. The van der Waals surface area contributed by atoms with E-state index in [1.807, 2.05) is 37.7 Å². The van der Waals surface area contributed by atoms with Gasteiger partial charge in [0, 0.05) is 50.7 Å². The highest BCUT2D eigenvalue weighted by Crippen LogP contribution is 2.40. The standard InChI is InChI=1S/C51H84F2N6O14/c1-14-39-51(10,66)43(61)31(6)57(12)23-27(2)21-49(8,65)45(29(4)42(30(5)46(63)71-39)72-40-22-50(9,67-13)44(62)32(7)69-40)73-47-41(60)38(19-28(3)68-47)56(11)18-17-33-24-58(55-54-33)25-35-26-59(48(64)70-35)34-15-16-36(52)37(53)20-34/h15-16,20,27-33,35,38-45,47,60-62,65-66H,14,17-19,21-26H2,1-13H3/t27-,28-,29+,30-,31-,32+,33?,35+,38+,39-,40+,41-,42+,43-,44+,45-,47+,49-,50-,51-/m1/s1. The van der Waals surface area contributed by atoms with E-state index in [1.54, 1.807) is 53.5 Å². The molecule has 20 nitrogen and oxygen atoms in total. The quantitative estimate of drug-likeness (QED) is 0.176. The number of cyclic esters (lactones) is 2. The van der Waals surface area contributed by atoms with Crippen LogP contribution in [0.25, 0.3) is 0 Å². The number of carbonyl (C=O) groups is 2. The summed E-state index contributed by atoms with van der Waals surface area (Å²) in [5.74, 6) is -4.98. The van der Waals surface area contributed by atoms with Gasteiger partial charge in [0.2, 0.25) is 0 Å². The van der Waals surface area contributed by atoms with Crippen LogP contribution in [0.3, 0.4) is 0 Å². The molecule has 1 aromatic carbocycles.